The zero-order valence-corrected chi connectivity index (χ0v) is 13.9. The predicted octanol–water partition coefficient (Wildman–Crippen LogP) is 3.53. The fourth-order valence-corrected chi connectivity index (χ4v) is 3.42. The Morgan fingerprint density at radius 1 is 1.35 bits per heavy atom. The van der Waals surface area contributed by atoms with Crippen molar-refractivity contribution in [2.24, 2.45) is 0 Å². The van der Waals surface area contributed by atoms with Crippen LogP contribution in [0.15, 0.2) is 29.7 Å². The molecule has 23 heavy (non-hydrogen) atoms. The highest BCUT2D eigenvalue weighted by atomic mass is 32.1. The summed E-state index contributed by atoms with van der Waals surface area (Å²) in [6, 6.07) is 6.28. The second-order valence-electron chi connectivity index (χ2n) is 6.41. The van der Waals surface area contributed by atoms with Crippen LogP contribution in [0.1, 0.15) is 53.8 Å². The topological polar surface area (TPSA) is 46.9 Å². The number of rotatable bonds is 7. The molecule has 2 heterocycles. The number of nitrogens with zero attached hydrogens (tertiary/aromatic N) is 2. The highest BCUT2D eigenvalue weighted by Gasteiger charge is 2.32. The maximum atomic E-state index is 11.9. The van der Waals surface area contributed by atoms with Crippen LogP contribution in [0.25, 0.3) is 6.08 Å². The number of thiophene rings is 1. The Labute approximate surface area is 140 Å². The lowest BCUT2D eigenvalue weighted by molar-refractivity contribution is -0.116. The van der Waals surface area contributed by atoms with Gasteiger partial charge < -0.3 is 5.32 Å². The van der Waals surface area contributed by atoms with Crippen molar-refractivity contribution in [3.63, 3.8) is 0 Å². The lowest BCUT2D eigenvalue weighted by Crippen LogP contribution is -2.26. The number of nitrogens with one attached hydrogen (secondary N) is 1. The summed E-state index contributed by atoms with van der Waals surface area (Å²) < 4.78 is 2.12. The molecule has 2 saturated carbocycles. The van der Waals surface area contributed by atoms with Crippen LogP contribution >= 0.6 is 11.3 Å². The molecular weight excluding hydrogens is 306 g/mol. The van der Waals surface area contributed by atoms with E-state index in [-0.39, 0.29) is 5.91 Å². The predicted molar refractivity (Wildman–Crippen MR) is 92.5 cm³/mol. The Balaban J connectivity index is 1.31. The van der Waals surface area contributed by atoms with Gasteiger partial charge in [-0.25, -0.2) is 0 Å². The molecular formula is C18H21N3OS. The maximum absolute atomic E-state index is 11.9. The molecule has 1 amide bonds. The van der Waals surface area contributed by atoms with Crippen molar-refractivity contribution in [1.29, 1.82) is 0 Å². The van der Waals surface area contributed by atoms with Crippen molar-refractivity contribution in [3.05, 3.63) is 45.9 Å². The van der Waals surface area contributed by atoms with Gasteiger partial charge in [-0.05, 0) is 49.3 Å². The Morgan fingerprint density at radius 3 is 2.87 bits per heavy atom. The minimum atomic E-state index is -0.0408. The standard InChI is InChI=1S/C18H21N3OS/c22-18(8-7-15-2-1-11-23-15)19-9-10-21-17(14-5-6-14)12-16(20-21)13-3-4-13/h1-2,7-8,11-14H,3-6,9-10H2,(H,19,22)/b8-7+. The third-order valence-corrected chi connectivity index (χ3v) is 5.22. The van der Waals surface area contributed by atoms with Crippen molar-refractivity contribution in [2.45, 2.75) is 44.1 Å². The summed E-state index contributed by atoms with van der Waals surface area (Å²) in [6.45, 7) is 1.39. The summed E-state index contributed by atoms with van der Waals surface area (Å²) in [7, 11) is 0. The van der Waals surface area contributed by atoms with Crippen LogP contribution in [0.4, 0.5) is 0 Å². The van der Waals surface area contributed by atoms with Gasteiger partial charge in [0.1, 0.15) is 0 Å². The van der Waals surface area contributed by atoms with Gasteiger partial charge in [0.15, 0.2) is 0 Å². The van der Waals surface area contributed by atoms with Crippen molar-refractivity contribution < 1.29 is 4.79 Å². The van der Waals surface area contributed by atoms with Gasteiger partial charge in [0.25, 0.3) is 0 Å². The molecule has 4 rings (SSSR count). The van der Waals surface area contributed by atoms with Gasteiger partial charge in [0.2, 0.25) is 5.91 Å². The molecule has 120 valence electrons. The van der Waals surface area contributed by atoms with Crippen LogP contribution in [-0.4, -0.2) is 22.2 Å². The number of hydrogen-bond acceptors (Lipinski definition) is 3. The average molecular weight is 327 g/mol. The first-order chi connectivity index (χ1) is 11.3. The normalized spacial score (nSPS) is 17.7. The zero-order valence-electron chi connectivity index (χ0n) is 13.1. The lowest BCUT2D eigenvalue weighted by atomic mass is 10.2. The highest BCUT2D eigenvalue weighted by Crippen LogP contribution is 2.44. The Hall–Kier alpha value is -1.88. The van der Waals surface area contributed by atoms with E-state index in [0.29, 0.717) is 18.4 Å². The molecule has 0 aliphatic heterocycles. The Kier molecular flexibility index (Phi) is 4.04. The summed E-state index contributed by atoms with van der Waals surface area (Å²) in [5, 5.41) is 9.72. The van der Waals surface area contributed by atoms with E-state index in [4.69, 9.17) is 5.10 Å². The SMILES string of the molecule is O=C(/C=C/c1cccs1)NCCn1nc(C2CC2)cc1C1CC1. The zero-order chi connectivity index (χ0) is 15.6. The summed E-state index contributed by atoms with van der Waals surface area (Å²) in [4.78, 5) is 13.0. The second kappa shape index (κ2) is 6.32. The van der Waals surface area contributed by atoms with Gasteiger partial charge in [-0.1, -0.05) is 6.07 Å². The number of carbonyl (C=O) groups excluding carboxylic acids is 1. The van der Waals surface area contributed by atoms with E-state index in [1.807, 2.05) is 23.6 Å². The smallest absolute Gasteiger partial charge is 0.244 e. The van der Waals surface area contributed by atoms with E-state index in [9.17, 15) is 4.79 Å². The van der Waals surface area contributed by atoms with Crippen LogP contribution in [0, 0.1) is 0 Å². The molecule has 0 bridgehead atoms. The average Bonchev–Trinajstić information content (AvgIpc) is 3.48. The van der Waals surface area contributed by atoms with E-state index in [1.54, 1.807) is 17.4 Å². The molecule has 2 fully saturated rings. The summed E-state index contributed by atoms with van der Waals surface area (Å²) in [5.41, 5.74) is 2.63. The number of hydrogen-bond donors (Lipinski definition) is 1. The van der Waals surface area contributed by atoms with Gasteiger partial charge in [0, 0.05) is 35.0 Å². The van der Waals surface area contributed by atoms with Gasteiger partial charge in [0.05, 0.1) is 12.2 Å². The monoisotopic (exact) mass is 327 g/mol. The Bertz CT molecular complexity index is 709. The second-order valence-corrected chi connectivity index (χ2v) is 7.38. The molecule has 0 aromatic carbocycles. The largest absolute Gasteiger partial charge is 0.351 e. The Morgan fingerprint density at radius 2 is 2.17 bits per heavy atom. The first-order valence-electron chi connectivity index (χ1n) is 8.36. The van der Waals surface area contributed by atoms with E-state index in [1.165, 1.54) is 37.1 Å². The number of carbonyl (C=O) groups is 1. The first-order valence-corrected chi connectivity index (χ1v) is 9.24. The van der Waals surface area contributed by atoms with E-state index >= 15 is 0 Å². The third kappa shape index (κ3) is 3.72. The van der Waals surface area contributed by atoms with E-state index in [2.05, 4.69) is 16.1 Å². The highest BCUT2D eigenvalue weighted by molar-refractivity contribution is 7.10. The molecule has 5 heteroatoms. The molecule has 2 aliphatic rings. The molecule has 0 radical (unpaired) electrons. The van der Waals surface area contributed by atoms with Crippen molar-refractivity contribution in [2.75, 3.05) is 6.54 Å². The molecule has 0 unspecified atom stereocenters. The first kappa shape index (κ1) is 14.7. The quantitative estimate of drug-likeness (QED) is 0.791. The fraction of sp³-hybridized carbons (Fsp3) is 0.444. The van der Waals surface area contributed by atoms with Crippen LogP contribution < -0.4 is 5.32 Å². The van der Waals surface area contributed by atoms with Gasteiger partial charge in [-0.15, -0.1) is 11.3 Å². The van der Waals surface area contributed by atoms with Crippen LogP contribution in [0.3, 0.4) is 0 Å². The maximum Gasteiger partial charge on any atom is 0.244 e. The van der Waals surface area contributed by atoms with Crippen molar-refractivity contribution >= 4 is 23.3 Å². The molecule has 0 atom stereocenters. The number of amides is 1. The van der Waals surface area contributed by atoms with E-state index in [0.717, 1.165) is 11.4 Å². The minimum Gasteiger partial charge on any atom is -0.351 e. The molecule has 0 spiro atoms. The summed E-state index contributed by atoms with van der Waals surface area (Å²) in [5.74, 6) is 1.35. The van der Waals surface area contributed by atoms with Crippen molar-refractivity contribution in [3.8, 4) is 0 Å². The molecule has 4 nitrogen and oxygen atoms in total. The third-order valence-electron chi connectivity index (χ3n) is 4.39. The summed E-state index contributed by atoms with van der Waals surface area (Å²) >= 11 is 1.63. The molecule has 2 aromatic heterocycles. The van der Waals surface area contributed by atoms with Crippen LogP contribution in [0.2, 0.25) is 0 Å². The van der Waals surface area contributed by atoms with Gasteiger partial charge >= 0.3 is 0 Å². The summed E-state index contributed by atoms with van der Waals surface area (Å²) in [6.07, 6.45) is 8.59. The molecule has 1 N–H and O–H groups in total. The van der Waals surface area contributed by atoms with Gasteiger partial charge in [-0.3, -0.25) is 9.48 Å². The minimum absolute atomic E-state index is 0.0408. The number of aromatic nitrogens is 2. The molecule has 0 saturated heterocycles. The molecule has 2 aromatic rings. The van der Waals surface area contributed by atoms with E-state index < -0.39 is 0 Å². The van der Waals surface area contributed by atoms with Crippen LogP contribution in [-0.2, 0) is 11.3 Å². The fourth-order valence-electron chi connectivity index (χ4n) is 2.81. The van der Waals surface area contributed by atoms with Gasteiger partial charge in [-0.2, -0.15) is 5.10 Å². The van der Waals surface area contributed by atoms with Crippen molar-refractivity contribution in [1.82, 2.24) is 15.1 Å². The van der Waals surface area contributed by atoms with Crippen LogP contribution in [0.5, 0.6) is 0 Å². The molecule has 2 aliphatic carbocycles. The lowest BCUT2D eigenvalue weighted by Gasteiger charge is -2.07.